The van der Waals surface area contributed by atoms with Gasteiger partial charge in [-0.05, 0) is 24.6 Å². The molecule has 0 spiro atoms. The zero-order valence-electron chi connectivity index (χ0n) is 9.17. The lowest BCUT2D eigenvalue weighted by molar-refractivity contribution is 0.179. The molecule has 0 aliphatic rings. The van der Waals surface area contributed by atoms with Gasteiger partial charge in [-0.1, -0.05) is 33.6 Å². The predicted octanol–water partition coefficient (Wildman–Crippen LogP) is 3.83. The summed E-state index contributed by atoms with van der Waals surface area (Å²) in [6.45, 7) is 2.42. The van der Waals surface area contributed by atoms with Crippen LogP contribution in [-0.4, -0.2) is 19.7 Å². The summed E-state index contributed by atoms with van der Waals surface area (Å²) in [5, 5.41) is 1.33. The van der Waals surface area contributed by atoms with Crippen LogP contribution in [0.1, 0.15) is 12.5 Å². The molecule has 0 unspecified atom stereocenters. The molecule has 1 amide bonds. The molecule has 0 radical (unpaired) electrons. The number of alkyl halides is 1. The molecule has 1 rings (SSSR count). The van der Waals surface area contributed by atoms with Crippen molar-refractivity contribution in [1.29, 1.82) is 0 Å². The summed E-state index contributed by atoms with van der Waals surface area (Å²) < 4.78 is 4.69. The van der Waals surface area contributed by atoms with Gasteiger partial charge in [-0.2, -0.15) is 0 Å². The van der Waals surface area contributed by atoms with E-state index >= 15 is 0 Å². The Morgan fingerprint density at radius 3 is 2.69 bits per heavy atom. The minimum atomic E-state index is -0.384. The monoisotopic (exact) mass is 305 g/mol. The molecule has 0 saturated carbocycles. The van der Waals surface area contributed by atoms with E-state index in [1.54, 1.807) is 6.07 Å². The van der Waals surface area contributed by atoms with Crippen LogP contribution in [0.2, 0.25) is 5.02 Å². The smallest absolute Gasteiger partial charge is 0.413 e. The van der Waals surface area contributed by atoms with Crippen LogP contribution in [0.25, 0.3) is 0 Å². The Labute approximate surface area is 108 Å². The van der Waals surface area contributed by atoms with Gasteiger partial charge in [-0.15, -0.1) is 0 Å². The average molecular weight is 307 g/mol. The molecule has 0 N–H and O–H groups in total. The zero-order chi connectivity index (χ0) is 12.1. The molecular weight excluding hydrogens is 293 g/mol. The summed E-state index contributed by atoms with van der Waals surface area (Å²) in [5.74, 6) is 0. The number of hydrogen-bond acceptors (Lipinski definition) is 2. The number of nitrogens with zero attached hydrogens (tertiary/aromatic N) is 1. The first-order valence-electron chi connectivity index (χ1n) is 4.83. The first-order chi connectivity index (χ1) is 7.63. The van der Waals surface area contributed by atoms with Gasteiger partial charge in [0.25, 0.3) is 0 Å². The number of ether oxygens (including phenoxy) is 1. The highest BCUT2D eigenvalue weighted by Gasteiger charge is 2.14. The van der Waals surface area contributed by atoms with Crippen LogP contribution in [-0.2, 0) is 10.1 Å². The third kappa shape index (κ3) is 2.89. The lowest BCUT2D eigenvalue weighted by atomic mass is 10.2. The fourth-order valence-corrected chi connectivity index (χ4v) is 2.23. The van der Waals surface area contributed by atoms with Crippen molar-refractivity contribution in [2.24, 2.45) is 0 Å². The average Bonchev–Trinajstić information content (AvgIpc) is 2.30. The lowest BCUT2D eigenvalue weighted by Gasteiger charge is -2.19. The predicted molar refractivity (Wildman–Crippen MR) is 69.5 cm³/mol. The van der Waals surface area contributed by atoms with Crippen LogP contribution in [0.4, 0.5) is 10.5 Å². The Morgan fingerprint density at radius 1 is 1.56 bits per heavy atom. The Morgan fingerprint density at radius 2 is 2.25 bits per heavy atom. The number of halogens is 2. The molecule has 0 fully saturated rings. The van der Waals surface area contributed by atoms with Gasteiger partial charge < -0.3 is 4.74 Å². The van der Waals surface area contributed by atoms with E-state index < -0.39 is 0 Å². The number of methoxy groups -OCH3 is 1. The van der Waals surface area contributed by atoms with E-state index in [0.717, 1.165) is 11.3 Å². The molecule has 0 aromatic heterocycles. The third-order valence-electron chi connectivity index (χ3n) is 2.20. The molecule has 0 bridgehead atoms. The molecule has 0 atom stereocenters. The van der Waals surface area contributed by atoms with E-state index in [1.807, 2.05) is 19.1 Å². The number of benzene rings is 1. The second-order valence-corrected chi connectivity index (χ2v) is 4.09. The van der Waals surface area contributed by atoms with Crippen LogP contribution in [0, 0.1) is 0 Å². The Kier molecular flexibility index (Phi) is 5.09. The number of hydrogen-bond donors (Lipinski definition) is 0. The molecular formula is C11H13BrClNO2. The molecule has 0 heterocycles. The molecule has 1 aromatic carbocycles. The van der Waals surface area contributed by atoms with Gasteiger partial charge in [-0.3, -0.25) is 4.90 Å². The van der Waals surface area contributed by atoms with Crippen LogP contribution >= 0.6 is 27.5 Å². The highest BCUT2D eigenvalue weighted by Crippen LogP contribution is 2.25. The SMILES string of the molecule is CCN(C(=O)OC)c1ccc(CBr)c(Cl)c1. The molecule has 16 heavy (non-hydrogen) atoms. The van der Waals surface area contributed by atoms with E-state index in [4.69, 9.17) is 11.6 Å². The Balaban J connectivity index is 3.03. The van der Waals surface area contributed by atoms with E-state index in [9.17, 15) is 4.79 Å². The van der Waals surface area contributed by atoms with Crippen molar-refractivity contribution in [3.63, 3.8) is 0 Å². The van der Waals surface area contributed by atoms with Crippen molar-refractivity contribution < 1.29 is 9.53 Å². The van der Waals surface area contributed by atoms with Crippen molar-refractivity contribution >= 4 is 39.3 Å². The molecule has 1 aromatic rings. The molecule has 5 heteroatoms. The third-order valence-corrected chi connectivity index (χ3v) is 3.16. The van der Waals surface area contributed by atoms with Crippen molar-refractivity contribution in [2.45, 2.75) is 12.3 Å². The largest absolute Gasteiger partial charge is 0.452 e. The second kappa shape index (κ2) is 6.11. The van der Waals surface area contributed by atoms with Crippen LogP contribution in [0.15, 0.2) is 18.2 Å². The minimum Gasteiger partial charge on any atom is -0.452 e. The lowest BCUT2D eigenvalue weighted by Crippen LogP contribution is -2.30. The van der Waals surface area contributed by atoms with Crippen LogP contribution in [0.5, 0.6) is 0 Å². The number of carbonyl (C=O) groups is 1. The molecule has 3 nitrogen and oxygen atoms in total. The highest BCUT2D eigenvalue weighted by molar-refractivity contribution is 9.08. The van der Waals surface area contributed by atoms with Gasteiger partial charge >= 0.3 is 6.09 Å². The van der Waals surface area contributed by atoms with Crippen LogP contribution < -0.4 is 4.90 Å². The van der Waals surface area contributed by atoms with Crippen molar-refractivity contribution in [3.05, 3.63) is 28.8 Å². The first-order valence-corrected chi connectivity index (χ1v) is 6.33. The number of anilines is 1. The molecule has 0 saturated heterocycles. The number of rotatable bonds is 3. The summed E-state index contributed by atoms with van der Waals surface area (Å²) >= 11 is 9.41. The van der Waals surface area contributed by atoms with Gasteiger partial charge in [0.15, 0.2) is 0 Å². The fourth-order valence-electron chi connectivity index (χ4n) is 1.34. The van der Waals surface area contributed by atoms with E-state index in [0.29, 0.717) is 16.9 Å². The van der Waals surface area contributed by atoms with Gasteiger partial charge in [-0.25, -0.2) is 4.79 Å². The second-order valence-electron chi connectivity index (χ2n) is 3.12. The topological polar surface area (TPSA) is 29.5 Å². The summed E-state index contributed by atoms with van der Waals surface area (Å²) in [7, 11) is 1.36. The quantitative estimate of drug-likeness (QED) is 0.794. The maximum absolute atomic E-state index is 11.5. The van der Waals surface area contributed by atoms with E-state index in [2.05, 4.69) is 20.7 Å². The van der Waals surface area contributed by atoms with Crippen molar-refractivity contribution in [3.8, 4) is 0 Å². The number of carbonyl (C=O) groups excluding carboxylic acids is 1. The van der Waals surface area contributed by atoms with Crippen molar-refractivity contribution in [1.82, 2.24) is 0 Å². The molecule has 0 aliphatic carbocycles. The van der Waals surface area contributed by atoms with E-state index in [-0.39, 0.29) is 6.09 Å². The van der Waals surface area contributed by atoms with Gasteiger partial charge in [0.2, 0.25) is 0 Å². The molecule has 88 valence electrons. The summed E-state index contributed by atoms with van der Waals surface area (Å²) in [4.78, 5) is 13.0. The maximum atomic E-state index is 11.5. The maximum Gasteiger partial charge on any atom is 0.413 e. The Bertz CT molecular complexity index is 384. The summed E-state index contributed by atoms with van der Waals surface area (Å²) in [5.41, 5.74) is 1.73. The van der Waals surface area contributed by atoms with Gasteiger partial charge in [0, 0.05) is 22.6 Å². The zero-order valence-corrected chi connectivity index (χ0v) is 11.5. The highest BCUT2D eigenvalue weighted by atomic mass is 79.9. The standard InChI is InChI=1S/C11H13BrClNO2/c1-3-14(11(15)16-2)9-5-4-8(7-12)10(13)6-9/h4-6H,3,7H2,1-2H3. The fraction of sp³-hybridized carbons (Fsp3) is 0.364. The minimum absolute atomic E-state index is 0.384. The van der Waals surface area contributed by atoms with Crippen molar-refractivity contribution in [2.75, 3.05) is 18.6 Å². The van der Waals surface area contributed by atoms with Gasteiger partial charge in [0.05, 0.1) is 7.11 Å². The first kappa shape index (κ1) is 13.3. The van der Waals surface area contributed by atoms with Gasteiger partial charge in [0.1, 0.15) is 0 Å². The van der Waals surface area contributed by atoms with Crippen LogP contribution in [0.3, 0.4) is 0 Å². The normalized spacial score (nSPS) is 10.0. The summed E-state index contributed by atoms with van der Waals surface area (Å²) in [6, 6.07) is 5.50. The Hall–Kier alpha value is -0.740. The number of amides is 1. The van der Waals surface area contributed by atoms with E-state index in [1.165, 1.54) is 12.0 Å². The molecule has 0 aliphatic heterocycles. The summed E-state index contributed by atoms with van der Waals surface area (Å²) in [6.07, 6.45) is -0.384.